The maximum atomic E-state index is 12.3. The van der Waals surface area contributed by atoms with Crippen LogP contribution in [-0.4, -0.2) is 20.2 Å². The van der Waals surface area contributed by atoms with Crippen molar-refractivity contribution in [3.8, 4) is 0 Å². The van der Waals surface area contributed by atoms with E-state index >= 15 is 0 Å². The molecule has 0 radical (unpaired) electrons. The first-order chi connectivity index (χ1) is 10.0. The van der Waals surface area contributed by atoms with Gasteiger partial charge in [-0.1, -0.05) is 31.9 Å². The number of hydrogen-bond acceptors (Lipinski definition) is 3. The lowest BCUT2D eigenvalue weighted by atomic mass is 10.1. The van der Waals surface area contributed by atoms with Gasteiger partial charge in [-0.05, 0) is 50.4 Å². The van der Waals surface area contributed by atoms with Crippen LogP contribution in [0.3, 0.4) is 0 Å². The summed E-state index contributed by atoms with van der Waals surface area (Å²) in [7, 11) is -3.24. The van der Waals surface area contributed by atoms with E-state index in [2.05, 4.69) is 23.9 Å². The molecule has 2 N–H and O–H groups in total. The monoisotopic (exact) mass is 310 g/mol. The first kappa shape index (κ1) is 16.3. The minimum absolute atomic E-state index is 0.223. The Morgan fingerprint density at radius 1 is 1.29 bits per heavy atom. The van der Waals surface area contributed by atoms with Gasteiger partial charge in [0.15, 0.2) is 0 Å². The van der Waals surface area contributed by atoms with Crippen LogP contribution in [0.15, 0.2) is 24.3 Å². The van der Waals surface area contributed by atoms with Crippen LogP contribution in [0.2, 0.25) is 0 Å². The Balaban J connectivity index is 2.06. The normalized spacial score (nSPS) is 17.8. The average molecular weight is 310 g/mol. The predicted molar refractivity (Wildman–Crippen MR) is 87.9 cm³/mol. The molecule has 1 fully saturated rings. The summed E-state index contributed by atoms with van der Waals surface area (Å²) in [6, 6.07) is 7.91. The number of benzene rings is 1. The number of sulfonamides is 1. The fourth-order valence-electron chi connectivity index (χ4n) is 2.80. The smallest absolute Gasteiger partial charge is 0.235 e. The highest BCUT2D eigenvalue weighted by Crippen LogP contribution is 2.27. The highest BCUT2D eigenvalue weighted by atomic mass is 32.2. The van der Waals surface area contributed by atoms with Gasteiger partial charge in [-0.25, -0.2) is 8.42 Å². The Morgan fingerprint density at radius 2 is 2.00 bits per heavy atom. The van der Waals surface area contributed by atoms with Crippen molar-refractivity contribution in [2.24, 2.45) is 0 Å². The molecule has 0 amide bonds. The van der Waals surface area contributed by atoms with Gasteiger partial charge in [-0.15, -0.1) is 0 Å². The van der Waals surface area contributed by atoms with Crippen LogP contribution in [-0.2, 0) is 10.0 Å². The van der Waals surface area contributed by atoms with Crippen molar-refractivity contribution in [3.05, 3.63) is 29.8 Å². The van der Waals surface area contributed by atoms with E-state index in [4.69, 9.17) is 0 Å². The molecule has 118 valence electrons. The third-order valence-corrected chi connectivity index (χ3v) is 5.96. The lowest BCUT2D eigenvalue weighted by Gasteiger charge is -2.17. The standard InChI is InChI=1S/C16H26N2O2S/c1-3-11-17-13(2)14-7-6-8-15(12-14)18-21(19,20)16-9-4-5-10-16/h6-8,12-13,16-18H,3-5,9-11H2,1-2H3. The summed E-state index contributed by atoms with van der Waals surface area (Å²) in [6.07, 6.45) is 4.68. The molecule has 0 saturated heterocycles. The molecule has 2 rings (SSSR count). The van der Waals surface area contributed by atoms with E-state index in [1.165, 1.54) is 0 Å². The van der Waals surface area contributed by atoms with Crippen molar-refractivity contribution >= 4 is 15.7 Å². The second kappa shape index (κ2) is 7.27. The molecule has 1 aromatic carbocycles. The summed E-state index contributed by atoms with van der Waals surface area (Å²) < 4.78 is 27.4. The van der Waals surface area contributed by atoms with Crippen molar-refractivity contribution in [2.45, 2.75) is 57.2 Å². The summed E-state index contributed by atoms with van der Waals surface area (Å²) in [5.41, 5.74) is 1.78. The first-order valence-corrected chi connectivity index (χ1v) is 9.42. The maximum absolute atomic E-state index is 12.3. The Morgan fingerprint density at radius 3 is 2.67 bits per heavy atom. The zero-order valence-electron chi connectivity index (χ0n) is 12.9. The Labute approximate surface area is 128 Å². The van der Waals surface area contributed by atoms with Crippen molar-refractivity contribution in [3.63, 3.8) is 0 Å². The SMILES string of the molecule is CCCNC(C)c1cccc(NS(=O)(=O)C2CCCC2)c1. The summed E-state index contributed by atoms with van der Waals surface area (Å²) >= 11 is 0. The second-order valence-corrected chi connectivity index (χ2v) is 7.82. The minimum atomic E-state index is -3.24. The van der Waals surface area contributed by atoms with E-state index in [0.29, 0.717) is 5.69 Å². The Kier molecular flexibility index (Phi) is 5.65. The van der Waals surface area contributed by atoms with Gasteiger partial charge < -0.3 is 5.32 Å². The predicted octanol–water partition coefficient (Wildman–Crippen LogP) is 3.43. The molecule has 0 spiro atoms. The van der Waals surface area contributed by atoms with Gasteiger partial charge in [-0.2, -0.15) is 0 Å². The highest BCUT2D eigenvalue weighted by Gasteiger charge is 2.28. The molecule has 4 nitrogen and oxygen atoms in total. The first-order valence-electron chi connectivity index (χ1n) is 7.88. The zero-order valence-corrected chi connectivity index (χ0v) is 13.7. The van der Waals surface area contributed by atoms with Crippen molar-refractivity contribution in [2.75, 3.05) is 11.3 Å². The third-order valence-electron chi connectivity index (χ3n) is 4.09. The highest BCUT2D eigenvalue weighted by molar-refractivity contribution is 7.93. The number of hydrogen-bond donors (Lipinski definition) is 2. The molecule has 0 bridgehead atoms. The largest absolute Gasteiger partial charge is 0.310 e. The van der Waals surface area contributed by atoms with Crippen LogP contribution in [0.4, 0.5) is 5.69 Å². The summed E-state index contributed by atoms with van der Waals surface area (Å²) in [6.45, 7) is 5.19. The number of rotatable bonds is 7. The van der Waals surface area contributed by atoms with Crippen LogP contribution >= 0.6 is 0 Å². The van der Waals surface area contributed by atoms with Crippen molar-refractivity contribution in [1.29, 1.82) is 0 Å². The Hall–Kier alpha value is -1.07. The fraction of sp³-hybridized carbons (Fsp3) is 0.625. The van der Waals surface area contributed by atoms with Gasteiger partial charge in [0.05, 0.1) is 5.25 Å². The van der Waals surface area contributed by atoms with Crippen LogP contribution in [0.25, 0.3) is 0 Å². The minimum Gasteiger partial charge on any atom is -0.310 e. The summed E-state index contributed by atoms with van der Waals surface area (Å²) in [5, 5.41) is 3.19. The van der Waals surface area contributed by atoms with E-state index in [0.717, 1.165) is 44.2 Å². The van der Waals surface area contributed by atoms with E-state index < -0.39 is 10.0 Å². The number of nitrogens with one attached hydrogen (secondary N) is 2. The molecule has 5 heteroatoms. The maximum Gasteiger partial charge on any atom is 0.235 e. The number of anilines is 1. The quantitative estimate of drug-likeness (QED) is 0.811. The molecule has 0 heterocycles. The van der Waals surface area contributed by atoms with Crippen LogP contribution in [0, 0.1) is 0 Å². The summed E-state index contributed by atoms with van der Waals surface area (Å²) in [5.74, 6) is 0. The van der Waals surface area contributed by atoms with Crippen molar-refractivity contribution < 1.29 is 8.42 Å². The van der Waals surface area contributed by atoms with Crippen molar-refractivity contribution in [1.82, 2.24) is 5.32 Å². The molecule has 1 aromatic rings. The van der Waals surface area contributed by atoms with Crippen LogP contribution in [0.1, 0.15) is 57.6 Å². The van der Waals surface area contributed by atoms with Gasteiger partial charge >= 0.3 is 0 Å². The van der Waals surface area contributed by atoms with E-state index in [-0.39, 0.29) is 11.3 Å². The Bertz CT molecular complexity index is 551. The van der Waals surface area contributed by atoms with E-state index in [9.17, 15) is 8.42 Å². The van der Waals surface area contributed by atoms with Gasteiger partial charge in [0.25, 0.3) is 0 Å². The van der Waals surface area contributed by atoms with Gasteiger partial charge in [-0.3, -0.25) is 4.72 Å². The van der Waals surface area contributed by atoms with E-state index in [1.807, 2.05) is 24.3 Å². The average Bonchev–Trinajstić information content (AvgIpc) is 2.99. The molecule has 1 atom stereocenters. The van der Waals surface area contributed by atoms with Gasteiger partial charge in [0.1, 0.15) is 0 Å². The molecule has 1 aliphatic rings. The van der Waals surface area contributed by atoms with Gasteiger partial charge in [0, 0.05) is 11.7 Å². The topological polar surface area (TPSA) is 58.2 Å². The molecule has 0 aromatic heterocycles. The van der Waals surface area contributed by atoms with E-state index in [1.54, 1.807) is 0 Å². The molecule has 1 saturated carbocycles. The fourth-order valence-corrected chi connectivity index (χ4v) is 4.37. The molecular formula is C16H26N2O2S. The zero-order chi connectivity index (χ0) is 15.3. The molecule has 0 aliphatic heterocycles. The lowest BCUT2D eigenvalue weighted by molar-refractivity contribution is 0.570. The molecule has 1 aliphatic carbocycles. The van der Waals surface area contributed by atoms with Gasteiger partial charge in [0.2, 0.25) is 10.0 Å². The molecule has 1 unspecified atom stereocenters. The molecule has 21 heavy (non-hydrogen) atoms. The van der Waals surface area contributed by atoms with Crippen LogP contribution < -0.4 is 10.0 Å². The van der Waals surface area contributed by atoms with Crippen LogP contribution in [0.5, 0.6) is 0 Å². The lowest BCUT2D eigenvalue weighted by Crippen LogP contribution is -2.25. The summed E-state index contributed by atoms with van der Waals surface area (Å²) in [4.78, 5) is 0. The third kappa shape index (κ3) is 4.45. The molecular weight excluding hydrogens is 284 g/mol. The second-order valence-electron chi connectivity index (χ2n) is 5.85.